The molecule has 2 atom stereocenters. The van der Waals surface area contributed by atoms with Crippen LogP contribution < -0.4 is 15.6 Å². The Balaban J connectivity index is 1.52. The van der Waals surface area contributed by atoms with E-state index in [9.17, 15) is 27.2 Å². The Kier molecular flexibility index (Phi) is 10.6. The molecule has 8 nitrogen and oxygen atoms in total. The van der Waals surface area contributed by atoms with Crippen LogP contribution in [0.5, 0.6) is 5.75 Å². The highest BCUT2D eigenvalue weighted by atomic mass is 19.4. The summed E-state index contributed by atoms with van der Waals surface area (Å²) in [6.45, 7) is 7.19. The molecule has 12 heteroatoms. The van der Waals surface area contributed by atoms with Gasteiger partial charge >= 0.3 is 6.18 Å². The quantitative estimate of drug-likeness (QED) is 0.163. The third kappa shape index (κ3) is 7.98. The minimum absolute atomic E-state index is 0.0223. The number of fused-ring (bicyclic) bond motifs is 1. The summed E-state index contributed by atoms with van der Waals surface area (Å²) in [4.78, 5) is 38.5. The fourth-order valence-corrected chi connectivity index (χ4v) is 5.77. The first-order valence-electron chi connectivity index (χ1n) is 16.0. The van der Waals surface area contributed by atoms with Crippen molar-refractivity contribution in [2.24, 2.45) is 5.92 Å². The molecule has 0 radical (unpaired) electrons. The van der Waals surface area contributed by atoms with Crippen molar-refractivity contribution in [2.75, 3.05) is 19.7 Å². The number of carbonyl (C=O) groups is 1. The molecule has 2 aromatic heterocycles. The first-order valence-corrected chi connectivity index (χ1v) is 16.0. The number of nitrogens with zero attached hydrogens (tertiary/aromatic N) is 4. The van der Waals surface area contributed by atoms with Gasteiger partial charge in [0.1, 0.15) is 17.4 Å². The minimum Gasteiger partial charge on any atom is -0.494 e. The summed E-state index contributed by atoms with van der Waals surface area (Å²) in [5.74, 6) is -0.404. The van der Waals surface area contributed by atoms with Gasteiger partial charge in [0.05, 0.1) is 35.7 Å². The number of benzene rings is 2. The summed E-state index contributed by atoms with van der Waals surface area (Å²) in [5.41, 5.74) is -1.09. The van der Waals surface area contributed by atoms with E-state index in [1.807, 2.05) is 13.8 Å². The number of nitrogens with one attached hydrogen (secondary N) is 1. The summed E-state index contributed by atoms with van der Waals surface area (Å²) in [6.07, 6.45) is 0.343. The van der Waals surface area contributed by atoms with Gasteiger partial charge in [-0.2, -0.15) is 13.2 Å². The number of alkyl halides is 3. The Labute approximate surface area is 270 Å². The molecule has 5 rings (SSSR count). The van der Waals surface area contributed by atoms with Crippen molar-refractivity contribution in [3.05, 3.63) is 93.9 Å². The third-order valence-electron chi connectivity index (χ3n) is 8.71. The fraction of sp³-hybridized carbons (Fsp3) is 0.429. The standard InChI is InChI=1S/C35H39F4N5O3/c1-4-47-27-13-11-26(12-14-27)44-33(42-32-28(34(44)46)9-6-17-40-32)23(3)43(18-16-22(2)41-21-24-7-5-8-24)31(45)20-25-10-15-30(36)29(19-25)35(37,38)39/h6,9-15,17,19,22-24,41H,4-5,7-8,16,18,20-21H2,1-3H3/t22?,23-/m1/s1. The van der Waals surface area contributed by atoms with E-state index < -0.39 is 35.9 Å². The van der Waals surface area contributed by atoms with Crippen LogP contribution in [0.1, 0.15) is 69.4 Å². The number of carbonyl (C=O) groups excluding carboxylic acids is 1. The van der Waals surface area contributed by atoms with Gasteiger partial charge in [0.2, 0.25) is 5.91 Å². The zero-order valence-corrected chi connectivity index (χ0v) is 26.7. The average molecular weight is 654 g/mol. The zero-order chi connectivity index (χ0) is 33.7. The molecule has 1 fully saturated rings. The number of amides is 1. The number of hydrogen-bond acceptors (Lipinski definition) is 6. The predicted octanol–water partition coefficient (Wildman–Crippen LogP) is 6.64. The molecule has 0 saturated heterocycles. The second-order valence-electron chi connectivity index (χ2n) is 12.1. The Morgan fingerprint density at radius 3 is 2.53 bits per heavy atom. The smallest absolute Gasteiger partial charge is 0.419 e. The van der Waals surface area contributed by atoms with Crippen LogP contribution in [0.3, 0.4) is 0 Å². The number of rotatable bonds is 13. The molecule has 1 amide bonds. The lowest BCUT2D eigenvalue weighted by molar-refractivity contribution is -0.140. The summed E-state index contributed by atoms with van der Waals surface area (Å²) < 4.78 is 61.5. The molecule has 0 bridgehead atoms. The highest BCUT2D eigenvalue weighted by Gasteiger charge is 2.35. The van der Waals surface area contributed by atoms with Gasteiger partial charge in [0, 0.05) is 18.8 Å². The van der Waals surface area contributed by atoms with E-state index >= 15 is 0 Å². The van der Waals surface area contributed by atoms with Gasteiger partial charge in [-0.15, -0.1) is 0 Å². The fourth-order valence-electron chi connectivity index (χ4n) is 5.77. The van der Waals surface area contributed by atoms with Crippen molar-refractivity contribution in [3.8, 4) is 11.4 Å². The summed E-state index contributed by atoms with van der Waals surface area (Å²) in [6, 6.07) is 12.0. The van der Waals surface area contributed by atoms with Crippen LogP contribution in [0.2, 0.25) is 0 Å². The van der Waals surface area contributed by atoms with Crippen LogP contribution in [0, 0.1) is 11.7 Å². The van der Waals surface area contributed by atoms with Crippen molar-refractivity contribution < 1.29 is 27.1 Å². The molecule has 2 aromatic carbocycles. The first-order chi connectivity index (χ1) is 22.5. The lowest BCUT2D eigenvalue weighted by Gasteiger charge is -2.32. The first kappa shape index (κ1) is 34.0. The average Bonchev–Trinajstić information content (AvgIpc) is 3.01. The van der Waals surface area contributed by atoms with Crippen LogP contribution in [0.25, 0.3) is 16.7 Å². The van der Waals surface area contributed by atoms with Crippen molar-refractivity contribution in [1.82, 2.24) is 24.8 Å². The molecule has 1 aliphatic rings. The third-order valence-corrected chi connectivity index (χ3v) is 8.71. The van der Waals surface area contributed by atoms with Crippen LogP contribution >= 0.6 is 0 Å². The van der Waals surface area contributed by atoms with Crippen molar-refractivity contribution in [1.29, 1.82) is 0 Å². The van der Waals surface area contributed by atoms with Gasteiger partial charge in [-0.1, -0.05) is 12.5 Å². The van der Waals surface area contributed by atoms with Gasteiger partial charge in [-0.05, 0) is 107 Å². The molecule has 1 N–H and O–H groups in total. The van der Waals surface area contributed by atoms with Crippen molar-refractivity contribution in [3.63, 3.8) is 0 Å². The monoisotopic (exact) mass is 653 g/mol. The van der Waals surface area contributed by atoms with Crippen molar-refractivity contribution >= 4 is 16.9 Å². The number of hydrogen-bond donors (Lipinski definition) is 1. The molecular weight excluding hydrogens is 614 g/mol. The Hall–Kier alpha value is -4.32. The molecule has 0 aliphatic heterocycles. The van der Waals surface area contributed by atoms with Crippen LogP contribution in [0.4, 0.5) is 17.6 Å². The highest BCUT2D eigenvalue weighted by Crippen LogP contribution is 2.32. The maximum absolute atomic E-state index is 14.0. The normalized spacial score (nSPS) is 14.9. The number of ether oxygens (including phenoxy) is 1. The van der Waals surface area contributed by atoms with Gasteiger partial charge in [-0.3, -0.25) is 14.2 Å². The zero-order valence-electron chi connectivity index (χ0n) is 26.7. The predicted molar refractivity (Wildman–Crippen MR) is 171 cm³/mol. The summed E-state index contributed by atoms with van der Waals surface area (Å²) >= 11 is 0. The van der Waals surface area contributed by atoms with Crippen LogP contribution in [-0.4, -0.2) is 51.1 Å². The molecule has 1 aliphatic carbocycles. The largest absolute Gasteiger partial charge is 0.494 e. The Morgan fingerprint density at radius 2 is 1.87 bits per heavy atom. The molecule has 4 aromatic rings. The van der Waals surface area contributed by atoms with E-state index in [4.69, 9.17) is 9.72 Å². The van der Waals surface area contributed by atoms with E-state index in [0.29, 0.717) is 36.4 Å². The van der Waals surface area contributed by atoms with E-state index in [1.165, 1.54) is 41.0 Å². The SMILES string of the molecule is CCOc1ccc(-n2c([C@@H](C)N(CCC(C)NCC3CCC3)C(=O)Cc3ccc(F)c(C(F)(F)F)c3)nc3ncccc3c2=O)cc1. The van der Waals surface area contributed by atoms with E-state index in [1.54, 1.807) is 43.3 Å². The van der Waals surface area contributed by atoms with Gasteiger partial charge < -0.3 is 15.0 Å². The number of halogens is 4. The molecular formula is C35H39F4N5O3. The van der Waals surface area contributed by atoms with E-state index in [-0.39, 0.29) is 40.6 Å². The molecule has 1 unspecified atom stereocenters. The lowest BCUT2D eigenvalue weighted by atomic mass is 9.85. The maximum Gasteiger partial charge on any atom is 0.419 e. The number of pyridine rings is 1. The van der Waals surface area contributed by atoms with E-state index in [0.717, 1.165) is 12.6 Å². The molecule has 0 spiro atoms. The van der Waals surface area contributed by atoms with Gasteiger partial charge in [0.15, 0.2) is 5.65 Å². The van der Waals surface area contributed by atoms with Gasteiger partial charge in [0.25, 0.3) is 5.56 Å². The topological polar surface area (TPSA) is 89.3 Å². The molecule has 47 heavy (non-hydrogen) atoms. The number of aromatic nitrogens is 3. The highest BCUT2D eigenvalue weighted by molar-refractivity contribution is 5.79. The molecule has 250 valence electrons. The van der Waals surface area contributed by atoms with Crippen LogP contribution in [-0.2, 0) is 17.4 Å². The second kappa shape index (κ2) is 14.6. The van der Waals surface area contributed by atoms with Crippen LogP contribution in [0.15, 0.2) is 65.6 Å². The Morgan fingerprint density at radius 1 is 1.13 bits per heavy atom. The van der Waals surface area contributed by atoms with Crippen molar-refractivity contribution in [2.45, 2.75) is 71.1 Å². The summed E-state index contributed by atoms with van der Waals surface area (Å²) in [7, 11) is 0. The van der Waals surface area contributed by atoms with Gasteiger partial charge in [-0.25, -0.2) is 14.4 Å². The lowest BCUT2D eigenvalue weighted by Crippen LogP contribution is -2.41. The second-order valence-corrected chi connectivity index (χ2v) is 12.1. The van der Waals surface area contributed by atoms with E-state index in [2.05, 4.69) is 10.3 Å². The minimum atomic E-state index is -4.91. The Bertz CT molecular complexity index is 1760. The maximum atomic E-state index is 14.0. The summed E-state index contributed by atoms with van der Waals surface area (Å²) in [5, 5.41) is 3.81. The molecule has 2 heterocycles. The molecule has 1 saturated carbocycles.